The number of carbonyl (C=O) groups excluding carboxylic acids is 2. The lowest BCUT2D eigenvalue weighted by Gasteiger charge is -2.33. The van der Waals surface area contributed by atoms with E-state index in [1.165, 1.54) is 38.5 Å². The fraction of sp³-hybridized carbons (Fsp3) is 0.231. The average molecular weight is 466 g/mol. The van der Waals surface area contributed by atoms with Gasteiger partial charge in [0.05, 0.1) is 26.8 Å². The van der Waals surface area contributed by atoms with Crippen molar-refractivity contribution < 1.29 is 27.8 Å². The maximum atomic E-state index is 13.8. The molecule has 8 heteroatoms. The maximum absolute atomic E-state index is 13.8. The van der Waals surface area contributed by atoms with E-state index in [0.29, 0.717) is 16.8 Å². The van der Waals surface area contributed by atoms with Crippen molar-refractivity contribution in [3.8, 4) is 0 Å². The predicted octanol–water partition coefficient (Wildman–Crippen LogP) is 4.24. The molecule has 3 aromatic rings. The molecule has 0 aliphatic carbocycles. The largest absolute Gasteiger partial charge is 0.468 e. The molecule has 0 spiro atoms. The number of anilines is 1. The van der Waals surface area contributed by atoms with E-state index in [1.807, 2.05) is 35.2 Å². The van der Waals surface area contributed by atoms with Crippen molar-refractivity contribution in [1.29, 1.82) is 0 Å². The molecule has 0 amide bonds. The van der Waals surface area contributed by atoms with Gasteiger partial charge in [-0.2, -0.15) is 0 Å². The van der Waals surface area contributed by atoms with Crippen LogP contribution in [-0.4, -0.2) is 43.6 Å². The Balaban J connectivity index is 1.96. The first-order valence-electron chi connectivity index (χ1n) is 10.7. The van der Waals surface area contributed by atoms with Crippen LogP contribution in [0.1, 0.15) is 23.3 Å². The number of carbonyl (C=O) groups is 2. The Morgan fingerprint density at radius 2 is 1.35 bits per heavy atom. The number of hydrogen-bond acceptors (Lipinski definition) is 6. The van der Waals surface area contributed by atoms with E-state index in [1.54, 1.807) is 29.2 Å². The van der Waals surface area contributed by atoms with E-state index in [2.05, 4.69) is 0 Å². The fourth-order valence-electron chi connectivity index (χ4n) is 4.48. The zero-order valence-electron chi connectivity index (χ0n) is 18.7. The van der Waals surface area contributed by atoms with Crippen LogP contribution < -0.4 is 4.90 Å². The first-order chi connectivity index (χ1) is 16.4. The molecule has 0 saturated carbocycles. The van der Waals surface area contributed by atoms with E-state index >= 15 is 0 Å². The lowest BCUT2D eigenvalue weighted by Crippen LogP contribution is -2.41. The van der Waals surface area contributed by atoms with Crippen LogP contribution in [-0.2, 0) is 19.1 Å². The summed E-state index contributed by atoms with van der Waals surface area (Å²) in [5.74, 6) is -1.88. The fourth-order valence-corrected chi connectivity index (χ4v) is 4.48. The molecule has 4 rings (SSSR count). The van der Waals surface area contributed by atoms with Crippen LogP contribution in [0.15, 0.2) is 78.9 Å². The Kier molecular flexibility index (Phi) is 6.88. The molecular weight excluding hydrogens is 442 g/mol. The van der Waals surface area contributed by atoms with Crippen LogP contribution in [0.4, 0.5) is 14.5 Å². The van der Waals surface area contributed by atoms with Gasteiger partial charge in [0.1, 0.15) is 23.8 Å². The molecule has 0 bridgehead atoms. The van der Waals surface area contributed by atoms with Crippen molar-refractivity contribution in [2.24, 2.45) is 0 Å². The molecule has 0 radical (unpaired) electrons. The van der Waals surface area contributed by atoms with Crippen molar-refractivity contribution in [3.05, 3.63) is 102 Å². The lowest BCUT2D eigenvalue weighted by atomic mass is 9.98. The Morgan fingerprint density at radius 1 is 0.794 bits per heavy atom. The van der Waals surface area contributed by atoms with Gasteiger partial charge in [0.25, 0.3) is 0 Å². The summed E-state index contributed by atoms with van der Waals surface area (Å²) >= 11 is 0. The van der Waals surface area contributed by atoms with Gasteiger partial charge < -0.3 is 14.4 Å². The molecule has 0 unspecified atom stereocenters. The van der Waals surface area contributed by atoms with Gasteiger partial charge in [-0.25, -0.2) is 13.6 Å². The highest BCUT2D eigenvalue weighted by Crippen LogP contribution is 2.48. The highest BCUT2D eigenvalue weighted by Gasteiger charge is 2.53. The second-order valence-corrected chi connectivity index (χ2v) is 7.88. The number of rotatable bonds is 6. The molecule has 1 heterocycles. The standard InChI is InChI=1S/C26H24F2N2O4/c1-33-22(31)16-29-23(17-8-12-19(27)13-9-17)24(26(32)34-2)30(21-6-4-3-5-7-21)25(29)18-10-14-20(28)15-11-18/h3-15,23-25H,16H2,1-2H3/t23-,24-,25-/m1/s1. The van der Waals surface area contributed by atoms with Gasteiger partial charge in [0.2, 0.25) is 0 Å². The number of halogens is 2. The third-order valence-corrected chi connectivity index (χ3v) is 5.95. The van der Waals surface area contributed by atoms with E-state index < -0.39 is 41.8 Å². The molecule has 1 fully saturated rings. The molecule has 3 aromatic carbocycles. The highest BCUT2D eigenvalue weighted by atomic mass is 19.1. The smallest absolute Gasteiger partial charge is 0.330 e. The van der Waals surface area contributed by atoms with Gasteiger partial charge >= 0.3 is 11.9 Å². The molecule has 34 heavy (non-hydrogen) atoms. The summed E-state index contributed by atoms with van der Waals surface area (Å²) in [6.07, 6.45) is -0.652. The molecule has 6 nitrogen and oxygen atoms in total. The second kappa shape index (κ2) is 10.0. The Bertz CT molecular complexity index is 1140. The van der Waals surface area contributed by atoms with Gasteiger partial charge in [-0.1, -0.05) is 42.5 Å². The van der Waals surface area contributed by atoms with Gasteiger partial charge in [0.15, 0.2) is 0 Å². The predicted molar refractivity (Wildman–Crippen MR) is 122 cm³/mol. The SMILES string of the molecule is COC(=O)CN1[C@H](c2ccc(F)cc2)[C@H](C(=O)OC)N(c2ccccc2)[C@@H]1c1ccc(F)cc1. The molecule has 1 aliphatic heterocycles. The average Bonchev–Trinajstić information content (AvgIpc) is 3.19. The highest BCUT2D eigenvalue weighted by molar-refractivity contribution is 5.83. The van der Waals surface area contributed by atoms with E-state index in [4.69, 9.17) is 9.47 Å². The topological polar surface area (TPSA) is 59.1 Å². The van der Waals surface area contributed by atoms with Gasteiger partial charge in [-0.3, -0.25) is 9.69 Å². The van der Waals surface area contributed by atoms with Gasteiger partial charge in [-0.05, 0) is 47.5 Å². The van der Waals surface area contributed by atoms with E-state index in [-0.39, 0.29) is 6.54 Å². The van der Waals surface area contributed by atoms with Crippen molar-refractivity contribution in [1.82, 2.24) is 4.90 Å². The number of esters is 2. The number of methoxy groups -OCH3 is 2. The molecule has 1 aliphatic rings. The Labute approximate surface area is 196 Å². The first-order valence-corrected chi connectivity index (χ1v) is 10.7. The van der Waals surface area contributed by atoms with Crippen LogP contribution in [0.2, 0.25) is 0 Å². The minimum atomic E-state index is -0.891. The zero-order chi connectivity index (χ0) is 24.2. The summed E-state index contributed by atoms with van der Waals surface area (Å²) in [6.45, 7) is -0.169. The van der Waals surface area contributed by atoms with Crippen LogP contribution in [0.3, 0.4) is 0 Å². The normalized spacial score (nSPS) is 20.2. The zero-order valence-corrected chi connectivity index (χ0v) is 18.7. The summed E-state index contributed by atoms with van der Waals surface area (Å²) in [6, 6.07) is 19.3. The number of ether oxygens (including phenoxy) is 2. The summed E-state index contributed by atoms with van der Waals surface area (Å²) in [4.78, 5) is 29.4. The second-order valence-electron chi connectivity index (χ2n) is 7.88. The van der Waals surface area contributed by atoms with Crippen LogP contribution in [0, 0.1) is 11.6 Å². The van der Waals surface area contributed by atoms with Crippen molar-refractivity contribution >= 4 is 17.6 Å². The van der Waals surface area contributed by atoms with Gasteiger partial charge in [0, 0.05) is 5.69 Å². The summed E-state index contributed by atoms with van der Waals surface area (Å²) in [5, 5.41) is 0. The Morgan fingerprint density at radius 3 is 1.88 bits per heavy atom. The van der Waals surface area contributed by atoms with Crippen LogP contribution >= 0.6 is 0 Å². The third kappa shape index (κ3) is 4.49. The van der Waals surface area contributed by atoms with Crippen molar-refractivity contribution in [3.63, 3.8) is 0 Å². The third-order valence-electron chi connectivity index (χ3n) is 5.95. The summed E-state index contributed by atoms with van der Waals surface area (Å²) in [5.41, 5.74) is 1.98. The lowest BCUT2D eigenvalue weighted by molar-refractivity contribution is -0.145. The molecule has 3 atom stereocenters. The van der Waals surface area contributed by atoms with E-state index in [9.17, 15) is 18.4 Å². The molecule has 176 valence electrons. The summed E-state index contributed by atoms with van der Waals surface area (Å²) in [7, 11) is 2.58. The molecule has 0 aromatic heterocycles. The minimum absolute atomic E-state index is 0.169. The molecule has 1 saturated heterocycles. The number of benzene rings is 3. The molecule has 0 N–H and O–H groups in total. The van der Waals surface area contributed by atoms with Crippen molar-refractivity contribution in [2.45, 2.75) is 18.2 Å². The number of hydrogen-bond donors (Lipinski definition) is 0. The maximum Gasteiger partial charge on any atom is 0.330 e. The van der Waals surface area contributed by atoms with Crippen molar-refractivity contribution in [2.75, 3.05) is 25.7 Å². The van der Waals surface area contributed by atoms with Gasteiger partial charge in [-0.15, -0.1) is 0 Å². The first kappa shape index (κ1) is 23.4. The van der Waals surface area contributed by atoms with E-state index in [0.717, 1.165) is 0 Å². The quantitative estimate of drug-likeness (QED) is 0.507. The minimum Gasteiger partial charge on any atom is -0.468 e. The number of nitrogens with zero attached hydrogens (tertiary/aromatic N) is 2. The van der Waals surface area contributed by atoms with Crippen LogP contribution in [0.5, 0.6) is 0 Å². The van der Waals surface area contributed by atoms with Crippen LogP contribution in [0.25, 0.3) is 0 Å². The Hall–Kier alpha value is -3.78. The number of para-hydroxylation sites is 1. The monoisotopic (exact) mass is 466 g/mol. The molecular formula is C26H24F2N2O4. The summed E-state index contributed by atoms with van der Waals surface area (Å²) < 4.78 is 37.7.